The molecule has 9 heteroatoms. The second kappa shape index (κ2) is 6.46. The number of sulfonamides is 1. The number of carboxylic acid groups (broad SMARTS) is 1. The molecule has 0 aliphatic heterocycles. The van der Waals surface area contributed by atoms with Crippen molar-refractivity contribution in [2.75, 3.05) is 6.54 Å². The fourth-order valence-electron chi connectivity index (χ4n) is 1.66. The largest absolute Gasteiger partial charge is 0.478 e. The number of aryl methyl sites for hydroxylation is 1. The van der Waals surface area contributed by atoms with Crippen LogP contribution >= 0.6 is 0 Å². The quantitative estimate of drug-likeness (QED) is 0.713. The van der Waals surface area contributed by atoms with Gasteiger partial charge in [0.1, 0.15) is 0 Å². The molecule has 2 aromatic rings. The summed E-state index contributed by atoms with van der Waals surface area (Å²) in [6.07, 6.45) is 3.81. The highest BCUT2D eigenvalue weighted by Gasteiger charge is 2.14. The normalized spacial score (nSPS) is 11.4. The van der Waals surface area contributed by atoms with Crippen LogP contribution in [0.4, 0.5) is 0 Å². The molecule has 8 nitrogen and oxygen atoms in total. The van der Waals surface area contributed by atoms with Gasteiger partial charge in [0.2, 0.25) is 10.0 Å². The summed E-state index contributed by atoms with van der Waals surface area (Å²) in [4.78, 5) is 10.7. The highest BCUT2D eigenvalue weighted by atomic mass is 32.2. The van der Waals surface area contributed by atoms with Gasteiger partial charge in [-0.15, -0.1) is 5.10 Å². The van der Waals surface area contributed by atoms with Crippen LogP contribution in [-0.2, 0) is 16.6 Å². The van der Waals surface area contributed by atoms with E-state index >= 15 is 0 Å². The molecule has 112 valence electrons. The molecule has 0 aliphatic rings. The summed E-state index contributed by atoms with van der Waals surface area (Å²) >= 11 is 0. The second-order valence-corrected chi connectivity index (χ2v) is 6.01. The average Bonchev–Trinajstić information content (AvgIpc) is 2.97. The van der Waals surface area contributed by atoms with Crippen LogP contribution in [0.1, 0.15) is 16.8 Å². The Morgan fingerprint density at radius 2 is 2.00 bits per heavy atom. The van der Waals surface area contributed by atoms with Crippen LogP contribution in [0.5, 0.6) is 0 Å². The molecule has 0 fully saturated rings. The zero-order valence-electron chi connectivity index (χ0n) is 11.0. The monoisotopic (exact) mass is 310 g/mol. The number of benzene rings is 1. The first-order chi connectivity index (χ1) is 9.99. The lowest BCUT2D eigenvalue weighted by Crippen LogP contribution is -2.25. The third kappa shape index (κ3) is 4.10. The summed E-state index contributed by atoms with van der Waals surface area (Å²) < 4.78 is 28.0. The van der Waals surface area contributed by atoms with Crippen molar-refractivity contribution in [3.63, 3.8) is 0 Å². The SMILES string of the molecule is O=C(O)c1ccc(S(=O)(=O)NCCCn2ccnn2)cc1. The summed E-state index contributed by atoms with van der Waals surface area (Å²) in [5.74, 6) is -1.10. The number of carbonyl (C=O) groups is 1. The molecular weight excluding hydrogens is 296 g/mol. The van der Waals surface area contributed by atoms with E-state index in [-0.39, 0.29) is 17.0 Å². The molecule has 1 aromatic carbocycles. The van der Waals surface area contributed by atoms with E-state index in [0.717, 1.165) is 0 Å². The second-order valence-electron chi connectivity index (χ2n) is 4.25. The molecule has 2 rings (SSSR count). The Balaban J connectivity index is 1.90. The lowest BCUT2D eigenvalue weighted by Gasteiger charge is -2.07. The van der Waals surface area contributed by atoms with Crippen LogP contribution in [0.15, 0.2) is 41.6 Å². The van der Waals surface area contributed by atoms with Crippen LogP contribution in [0.25, 0.3) is 0 Å². The smallest absolute Gasteiger partial charge is 0.335 e. The zero-order valence-corrected chi connectivity index (χ0v) is 11.8. The molecule has 21 heavy (non-hydrogen) atoms. The maximum absolute atomic E-state index is 12.0. The Hall–Kier alpha value is -2.26. The summed E-state index contributed by atoms with van der Waals surface area (Å²) in [5, 5.41) is 16.2. The Kier molecular flexibility index (Phi) is 4.66. The van der Waals surface area contributed by atoms with Crippen LogP contribution in [-0.4, -0.2) is 41.0 Å². The van der Waals surface area contributed by atoms with E-state index < -0.39 is 16.0 Å². The van der Waals surface area contributed by atoms with Crippen LogP contribution in [0.3, 0.4) is 0 Å². The van der Waals surface area contributed by atoms with Crippen molar-refractivity contribution in [3.8, 4) is 0 Å². The minimum absolute atomic E-state index is 0.0354. The van der Waals surface area contributed by atoms with Gasteiger partial charge in [-0.25, -0.2) is 17.9 Å². The Morgan fingerprint density at radius 1 is 1.29 bits per heavy atom. The van der Waals surface area contributed by atoms with Crippen LogP contribution in [0.2, 0.25) is 0 Å². The van der Waals surface area contributed by atoms with E-state index in [4.69, 9.17) is 5.11 Å². The molecule has 0 atom stereocenters. The fraction of sp³-hybridized carbons (Fsp3) is 0.250. The third-order valence-electron chi connectivity index (χ3n) is 2.74. The molecule has 1 aromatic heterocycles. The van der Waals surface area contributed by atoms with Crippen molar-refractivity contribution in [2.45, 2.75) is 17.9 Å². The minimum Gasteiger partial charge on any atom is -0.478 e. The van der Waals surface area contributed by atoms with Crippen molar-refractivity contribution >= 4 is 16.0 Å². The zero-order chi connectivity index (χ0) is 15.3. The first-order valence-corrected chi connectivity index (χ1v) is 7.64. The Bertz CT molecular complexity index is 695. The van der Waals surface area contributed by atoms with Gasteiger partial charge in [-0.3, -0.25) is 4.68 Å². The number of hydrogen-bond donors (Lipinski definition) is 2. The van der Waals surface area contributed by atoms with E-state index in [0.29, 0.717) is 13.0 Å². The topological polar surface area (TPSA) is 114 Å². The molecule has 0 unspecified atom stereocenters. The van der Waals surface area contributed by atoms with Crippen molar-refractivity contribution in [3.05, 3.63) is 42.2 Å². The van der Waals surface area contributed by atoms with Gasteiger partial charge >= 0.3 is 5.97 Å². The van der Waals surface area contributed by atoms with Gasteiger partial charge in [-0.1, -0.05) is 5.21 Å². The number of carboxylic acids is 1. The highest BCUT2D eigenvalue weighted by molar-refractivity contribution is 7.89. The van der Waals surface area contributed by atoms with Gasteiger partial charge in [0.05, 0.1) is 16.7 Å². The Labute approximate surface area is 121 Å². The van der Waals surface area contributed by atoms with Crippen molar-refractivity contribution < 1.29 is 18.3 Å². The number of aromatic carboxylic acids is 1. The Morgan fingerprint density at radius 3 is 2.57 bits per heavy atom. The number of nitrogens with one attached hydrogen (secondary N) is 1. The van der Waals surface area contributed by atoms with E-state index in [9.17, 15) is 13.2 Å². The maximum Gasteiger partial charge on any atom is 0.335 e. The van der Waals surface area contributed by atoms with E-state index in [1.165, 1.54) is 24.3 Å². The summed E-state index contributed by atoms with van der Waals surface area (Å²) in [6, 6.07) is 5.05. The number of nitrogens with zero attached hydrogens (tertiary/aromatic N) is 3. The van der Waals surface area contributed by atoms with Gasteiger partial charge < -0.3 is 5.11 Å². The molecule has 1 heterocycles. The molecule has 0 saturated carbocycles. The van der Waals surface area contributed by atoms with Gasteiger partial charge in [-0.05, 0) is 30.7 Å². The molecular formula is C12H14N4O4S. The maximum atomic E-state index is 12.0. The van der Waals surface area contributed by atoms with Gasteiger partial charge in [0, 0.05) is 19.3 Å². The fourth-order valence-corrected chi connectivity index (χ4v) is 2.73. The first-order valence-electron chi connectivity index (χ1n) is 6.16. The number of aromatic nitrogens is 3. The third-order valence-corrected chi connectivity index (χ3v) is 4.22. The summed E-state index contributed by atoms with van der Waals surface area (Å²) in [5.41, 5.74) is 0.0418. The molecule has 0 aliphatic carbocycles. The lowest BCUT2D eigenvalue weighted by atomic mass is 10.2. The standard InChI is InChI=1S/C12H14N4O4S/c17-12(18)10-2-4-11(5-3-10)21(19,20)14-6-1-8-16-9-7-13-15-16/h2-5,7,9,14H,1,6,8H2,(H,17,18). The van der Waals surface area contributed by atoms with Gasteiger partial charge in [0.15, 0.2) is 0 Å². The number of hydrogen-bond acceptors (Lipinski definition) is 5. The molecule has 0 amide bonds. The predicted molar refractivity (Wildman–Crippen MR) is 73.2 cm³/mol. The number of rotatable bonds is 7. The molecule has 0 bridgehead atoms. The predicted octanol–water partition coefficient (Wildman–Crippen LogP) is 0.345. The van der Waals surface area contributed by atoms with Crippen molar-refractivity contribution in [1.82, 2.24) is 19.7 Å². The van der Waals surface area contributed by atoms with Crippen molar-refractivity contribution in [1.29, 1.82) is 0 Å². The molecule has 2 N–H and O–H groups in total. The molecule has 0 saturated heterocycles. The summed E-state index contributed by atoms with van der Waals surface area (Å²) in [6.45, 7) is 0.809. The van der Waals surface area contributed by atoms with Crippen LogP contribution < -0.4 is 4.72 Å². The molecule has 0 radical (unpaired) electrons. The van der Waals surface area contributed by atoms with Gasteiger partial charge in [-0.2, -0.15) is 0 Å². The lowest BCUT2D eigenvalue weighted by molar-refractivity contribution is 0.0696. The van der Waals surface area contributed by atoms with E-state index in [1.807, 2.05) is 0 Å². The van der Waals surface area contributed by atoms with Crippen LogP contribution in [0, 0.1) is 0 Å². The minimum atomic E-state index is -3.63. The average molecular weight is 310 g/mol. The van der Waals surface area contributed by atoms with Crippen molar-refractivity contribution in [2.24, 2.45) is 0 Å². The van der Waals surface area contributed by atoms with Gasteiger partial charge in [0.25, 0.3) is 0 Å². The van der Waals surface area contributed by atoms with E-state index in [1.54, 1.807) is 17.1 Å². The van der Waals surface area contributed by atoms with E-state index in [2.05, 4.69) is 15.0 Å². The highest BCUT2D eigenvalue weighted by Crippen LogP contribution is 2.10. The summed E-state index contributed by atoms with van der Waals surface area (Å²) in [7, 11) is -3.63. The molecule has 0 spiro atoms. The first kappa shape index (κ1) is 15.1.